The molecule has 1 aromatic heterocycles. The van der Waals surface area contributed by atoms with Gasteiger partial charge in [-0.05, 0) is 35.3 Å². The third-order valence-electron chi connectivity index (χ3n) is 5.54. The zero-order chi connectivity index (χ0) is 29.0. The van der Waals surface area contributed by atoms with E-state index in [2.05, 4.69) is 36.4 Å². The molecule has 1 aliphatic rings. The molecular formula is C25H27Cl3N4O7. The van der Waals surface area contributed by atoms with Gasteiger partial charge in [0.05, 0.1) is 13.2 Å². The van der Waals surface area contributed by atoms with E-state index >= 15 is 0 Å². The van der Waals surface area contributed by atoms with E-state index in [1.54, 1.807) is 12.1 Å². The lowest BCUT2D eigenvalue weighted by Gasteiger charge is -2.31. The first-order chi connectivity index (χ1) is 18.2. The topological polar surface area (TPSA) is 138 Å². The second-order valence-electron chi connectivity index (χ2n) is 9.50. The third kappa shape index (κ3) is 8.43. The van der Waals surface area contributed by atoms with Gasteiger partial charge in [-0.2, -0.15) is 4.98 Å². The number of ether oxygens (including phenoxy) is 3. The number of rotatable bonds is 6. The molecule has 2 N–H and O–H groups in total. The summed E-state index contributed by atoms with van der Waals surface area (Å²) in [6.07, 6.45) is 0.818. The number of nitrogens with zero attached hydrogens (tertiary/aromatic N) is 2. The van der Waals surface area contributed by atoms with E-state index in [1.807, 2.05) is 12.1 Å². The van der Waals surface area contributed by atoms with Gasteiger partial charge in [-0.3, -0.25) is 9.36 Å². The van der Waals surface area contributed by atoms with Gasteiger partial charge >= 0.3 is 17.8 Å². The van der Waals surface area contributed by atoms with Crippen molar-refractivity contribution in [3.8, 4) is 0 Å². The maximum absolute atomic E-state index is 12.7. The zero-order valence-electron chi connectivity index (χ0n) is 21.4. The largest absolute Gasteiger partial charge is 0.467 e. The van der Waals surface area contributed by atoms with Crippen LogP contribution in [0.2, 0.25) is 0 Å². The van der Waals surface area contributed by atoms with Crippen molar-refractivity contribution in [2.45, 2.75) is 48.4 Å². The SMILES string of the molecule is COC(=O)[C@H]1O[C@@H](n2ccc(NC(=O)c3ccc(C(C)(C)C)cc3)nc2=O)C=C[C@@H]1NC(=O)OCC(Cl)(Cl)Cl. The summed E-state index contributed by atoms with van der Waals surface area (Å²) in [5, 5.41) is 4.99. The number of carbonyl (C=O) groups is 3. The van der Waals surface area contributed by atoms with Gasteiger partial charge in [0, 0.05) is 11.8 Å². The number of aromatic nitrogens is 2. The van der Waals surface area contributed by atoms with Crippen LogP contribution in [0.3, 0.4) is 0 Å². The number of alkyl halides is 3. The molecule has 0 bridgehead atoms. The minimum atomic E-state index is -1.82. The first-order valence-electron chi connectivity index (χ1n) is 11.6. The van der Waals surface area contributed by atoms with Crippen LogP contribution in [0.4, 0.5) is 10.6 Å². The normalized spacial score (nSPS) is 19.2. The van der Waals surface area contributed by atoms with Crippen LogP contribution in [0.1, 0.15) is 42.9 Å². The molecule has 0 aliphatic carbocycles. The highest BCUT2D eigenvalue weighted by molar-refractivity contribution is 6.67. The number of alkyl carbamates (subject to hydrolysis) is 1. The van der Waals surface area contributed by atoms with Gasteiger partial charge < -0.3 is 24.8 Å². The Morgan fingerprint density at radius 2 is 1.74 bits per heavy atom. The molecule has 2 heterocycles. The van der Waals surface area contributed by atoms with Crippen LogP contribution >= 0.6 is 34.8 Å². The number of halogens is 3. The molecule has 0 saturated carbocycles. The van der Waals surface area contributed by atoms with Crippen LogP contribution in [-0.2, 0) is 24.4 Å². The summed E-state index contributed by atoms with van der Waals surface area (Å²) in [7, 11) is 1.14. The molecule has 1 aromatic carbocycles. The van der Waals surface area contributed by atoms with E-state index in [0.29, 0.717) is 5.56 Å². The van der Waals surface area contributed by atoms with Crippen molar-refractivity contribution in [1.82, 2.24) is 14.9 Å². The first-order valence-corrected chi connectivity index (χ1v) is 12.7. The Balaban J connectivity index is 1.72. The number of benzene rings is 1. The van der Waals surface area contributed by atoms with E-state index in [-0.39, 0.29) is 11.2 Å². The molecule has 14 heteroatoms. The molecule has 3 rings (SSSR count). The number of nitrogens with one attached hydrogen (secondary N) is 2. The Kier molecular flexibility index (Phi) is 9.65. The molecule has 1 aliphatic heterocycles. The lowest BCUT2D eigenvalue weighted by molar-refractivity contribution is -0.162. The number of anilines is 1. The molecule has 39 heavy (non-hydrogen) atoms. The van der Waals surface area contributed by atoms with Crippen LogP contribution in [0.5, 0.6) is 0 Å². The van der Waals surface area contributed by atoms with Crippen molar-refractivity contribution in [3.05, 3.63) is 70.3 Å². The van der Waals surface area contributed by atoms with Crippen molar-refractivity contribution in [3.63, 3.8) is 0 Å². The molecule has 0 unspecified atom stereocenters. The van der Waals surface area contributed by atoms with E-state index in [1.165, 1.54) is 24.4 Å². The van der Waals surface area contributed by atoms with E-state index in [4.69, 9.17) is 49.0 Å². The molecule has 0 fully saturated rings. The van der Waals surface area contributed by atoms with Gasteiger partial charge in [0.15, 0.2) is 12.3 Å². The summed E-state index contributed by atoms with van der Waals surface area (Å²) < 4.78 is 14.6. The minimum absolute atomic E-state index is 0.0293. The molecule has 11 nitrogen and oxygen atoms in total. The highest BCUT2D eigenvalue weighted by atomic mass is 35.6. The molecule has 3 atom stereocenters. The van der Waals surface area contributed by atoms with Crippen LogP contribution in [-0.4, -0.2) is 57.2 Å². The van der Waals surface area contributed by atoms with Gasteiger partial charge in [-0.1, -0.05) is 73.8 Å². The molecule has 2 aromatic rings. The Hall–Kier alpha value is -3.12. The maximum atomic E-state index is 12.7. The Labute approximate surface area is 239 Å². The number of carbonyl (C=O) groups excluding carboxylic acids is 3. The van der Waals surface area contributed by atoms with Crippen molar-refractivity contribution in [2.75, 3.05) is 19.0 Å². The molecule has 0 spiro atoms. The second-order valence-corrected chi connectivity index (χ2v) is 12.0. The van der Waals surface area contributed by atoms with Crippen LogP contribution < -0.4 is 16.3 Å². The molecule has 210 valence electrons. The monoisotopic (exact) mass is 600 g/mol. The summed E-state index contributed by atoms with van der Waals surface area (Å²) in [5.74, 6) is -1.23. The van der Waals surface area contributed by atoms with Crippen molar-refractivity contribution >= 4 is 58.6 Å². The second kappa shape index (κ2) is 12.4. The highest BCUT2D eigenvalue weighted by Gasteiger charge is 2.36. The maximum Gasteiger partial charge on any atom is 0.407 e. The summed E-state index contributed by atoms with van der Waals surface area (Å²) in [4.78, 5) is 53.7. The van der Waals surface area contributed by atoms with E-state index < -0.39 is 52.4 Å². The zero-order valence-corrected chi connectivity index (χ0v) is 23.7. The average molecular weight is 602 g/mol. The number of methoxy groups -OCH3 is 1. The molecule has 0 saturated heterocycles. The van der Waals surface area contributed by atoms with Gasteiger partial charge in [-0.15, -0.1) is 0 Å². The van der Waals surface area contributed by atoms with E-state index in [0.717, 1.165) is 17.2 Å². The smallest absolute Gasteiger partial charge is 0.407 e. The van der Waals surface area contributed by atoms with E-state index in [9.17, 15) is 19.2 Å². The average Bonchev–Trinajstić information content (AvgIpc) is 2.86. The lowest BCUT2D eigenvalue weighted by Crippen LogP contribution is -2.51. The fourth-order valence-electron chi connectivity index (χ4n) is 3.51. The van der Waals surface area contributed by atoms with Gasteiger partial charge in [0.1, 0.15) is 12.4 Å². The number of hydrogen-bond donors (Lipinski definition) is 2. The van der Waals surface area contributed by atoms with Gasteiger partial charge in [0.25, 0.3) is 5.91 Å². The Bertz CT molecular complexity index is 1300. The number of hydrogen-bond acceptors (Lipinski definition) is 8. The minimum Gasteiger partial charge on any atom is -0.467 e. The van der Waals surface area contributed by atoms with Crippen molar-refractivity contribution < 1.29 is 28.6 Å². The Morgan fingerprint density at radius 3 is 2.31 bits per heavy atom. The number of amides is 2. The summed E-state index contributed by atoms with van der Waals surface area (Å²) in [5.41, 5.74) is 0.652. The standard InChI is InChI=1S/C25H27Cl3N4O7/c1-24(2,3)15-7-5-14(6-8-15)20(33)30-17-11-12-32(22(35)31-17)18-10-9-16(19(39-18)21(34)37-4)29-23(36)38-13-25(26,27)28/h5-12,16,18-19H,13H2,1-4H3,(H,29,36)(H,30,31,33,35)/t16-,18+,19-/m0/s1. The first kappa shape index (κ1) is 30.4. The summed E-state index contributed by atoms with van der Waals surface area (Å²) >= 11 is 16.7. The molecule has 0 radical (unpaired) electrons. The van der Waals surface area contributed by atoms with Gasteiger partial charge in [-0.25, -0.2) is 14.4 Å². The summed E-state index contributed by atoms with van der Waals surface area (Å²) in [6, 6.07) is 7.53. The predicted molar refractivity (Wildman–Crippen MR) is 145 cm³/mol. The fraction of sp³-hybridized carbons (Fsp3) is 0.400. The van der Waals surface area contributed by atoms with Crippen LogP contribution in [0.25, 0.3) is 0 Å². The highest BCUT2D eigenvalue weighted by Crippen LogP contribution is 2.26. The van der Waals surface area contributed by atoms with Crippen LogP contribution in [0.15, 0.2) is 53.5 Å². The Morgan fingerprint density at radius 1 is 1.08 bits per heavy atom. The quantitative estimate of drug-likeness (QED) is 0.289. The third-order valence-corrected chi connectivity index (χ3v) is 5.87. The fourth-order valence-corrected chi connectivity index (χ4v) is 3.67. The molecular weight excluding hydrogens is 575 g/mol. The number of esters is 1. The van der Waals surface area contributed by atoms with Crippen LogP contribution in [0, 0.1) is 0 Å². The van der Waals surface area contributed by atoms with Crippen molar-refractivity contribution in [2.24, 2.45) is 0 Å². The predicted octanol–water partition coefficient (Wildman–Crippen LogP) is 3.88. The summed E-state index contributed by atoms with van der Waals surface area (Å²) in [6.45, 7) is 5.68. The van der Waals surface area contributed by atoms with Crippen molar-refractivity contribution in [1.29, 1.82) is 0 Å². The van der Waals surface area contributed by atoms with Gasteiger partial charge in [0.2, 0.25) is 3.79 Å². The molecule has 2 amide bonds. The lowest BCUT2D eigenvalue weighted by atomic mass is 9.87.